The summed E-state index contributed by atoms with van der Waals surface area (Å²) in [4.78, 5) is 7.15. The molecule has 0 saturated carbocycles. The third-order valence-electron chi connectivity index (χ3n) is 3.93. The summed E-state index contributed by atoms with van der Waals surface area (Å²) < 4.78 is 86.2. The molecular weight excluding hydrogens is 386 g/mol. The minimum atomic E-state index is -5.54. The van der Waals surface area contributed by atoms with E-state index in [1.807, 2.05) is 0 Å². The number of nitrogens with zero attached hydrogens (tertiary/aromatic N) is 2. The van der Waals surface area contributed by atoms with Crippen molar-refractivity contribution in [1.82, 2.24) is 9.97 Å². The molecule has 25 heavy (non-hydrogen) atoms. The van der Waals surface area contributed by atoms with Gasteiger partial charge in [-0.15, -0.1) is 22.7 Å². The van der Waals surface area contributed by atoms with Gasteiger partial charge in [0.1, 0.15) is 0 Å². The smallest absolute Gasteiger partial charge is 0.246 e. The lowest BCUT2D eigenvalue weighted by Gasteiger charge is -2.25. The Kier molecular flexibility index (Phi) is 3.89. The van der Waals surface area contributed by atoms with Gasteiger partial charge in [0.2, 0.25) is 0 Å². The molecule has 0 amide bonds. The zero-order valence-electron chi connectivity index (χ0n) is 13.5. The molecule has 2 nitrogen and oxygen atoms in total. The molecule has 0 fully saturated rings. The zero-order valence-corrected chi connectivity index (χ0v) is 15.1. The van der Waals surface area contributed by atoms with E-state index < -0.39 is 28.9 Å². The van der Waals surface area contributed by atoms with Gasteiger partial charge < -0.3 is 0 Å². The fraction of sp³-hybridized carbons (Fsp3) is 0.467. The molecule has 2 heterocycles. The van der Waals surface area contributed by atoms with Crippen LogP contribution in [0.3, 0.4) is 0 Å². The van der Waals surface area contributed by atoms with Crippen LogP contribution in [0.25, 0.3) is 11.1 Å². The first kappa shape index (κ1) is 18.4. The number of allylic oxidation sites excluding steroid dienone is 2. The molecule has 3 rings (SSSR count). The van der Waals surface area contributed by atoms with Crippen LogP contribution in [0.15, 0.2) is 0 Å². The lowest BCUT2D eigenvalue weighted by molar-refractivity contribution is -0.254. The summed E-state index contributed by atoms with van der Waals surface area (Å²) in [6, 6.07) is 0. The molecule has 0 spiro atoms. The van der Waals surface area contributed by atoms with E-state index >= 15 is 0 Å². The van der Waals surface area contributed by atoms with E-state index in [0.717, 1.165) is 0 Å². The highest BCUT2D eigenvalue weighted by Crippen LogP contribution is 2.66. The first-order valence-electron chi connectivity index (χ1n) is 7.09. The molecule has 136 valence electrons. The summed E-state index contributed by atoms with van der Waals surface area (Å²) in [6.07, 6.45) is 0. The third-order valence-corrected chi connectivity index (χ3v) is 6.11. The quantitative estimate of drug-likeness (QED) is 0.610. The molecule has 10 heteroatoms. The fourth-order valence-corrected chi connectivity index (χ4v) is 4.87. The van der Waals surface area contributed by atoms with Crippen LogP contribution < -0.4 is 0 Å². The first-order chi connectivity index (χ1) is 11.3. The Morgan fingerprint density at radius 3 is 1.20 bits per heavy atom. The van der Waals surface area contributed by atoms with E-state index in [4.69, 9.17) is 0 Å². The largest absolute Gasteiger partial charge is 0.380 e. The average molecular weight is 398 g/mol. The predicted molar refractivity (Wildman–Crippen MR) is 84.8 cm³/mol. The topological polar surface area (TPSA) is 25.8 Å². The maximum atomic E-state index is 14.5. The van der Waals surface area contributed by atoms with Gasteiger partial charge in [-0.05, 0) is 27.7 Å². The highest BCUT2D eigenvalue weighted by atomic mass is 32.1. The van der Waals surface area contributed by atoms with E-state index in [1.165, 1.54) is 27.7 Å². The second-order valence-corrected chi connectivity index (χ2v) is 8.17. The summed E-state index contributed by atoms with van der Waals surface area (Å²) in [5.74, 6) is -15.6. The summed E-state index contributed by atoms with van der Waals surface area (Å²) >= 11 is 1.39. The number of aromatic nitrogens is 2. The van der Waals surface area contributed by atoms with Crippen molar-refractivity contribution in [3.8, 4) is 0 Å². The van der Waals surface area contributed by atoms with Crippen molar-refractivity contribution in [2.45, 2.75) is 45.5 Å². The number of alkyl halides is 6. The number of rotatable bonds is 2. The van der Waals surface area contributed by atoms with E-state index in [1.54, 1.807) is 0 Å². The Morgan fingerprint density at radius 1 is 0.640 bits per heavy atom. The lowest BCUT2D eigenvalue weighted by atomic mass is 10.0. The molecule has 1 aliphatic rings. The van der Waals surface area contributed by atoms with Gasteiger partial charge in [-0.2, -0.15) is 26.3 Å². The van der Waals surface area contributed by atoms with Crippen molar-refractivity contribution in [3.63, 3.8) is 0 Å². The number of thiazole rings is 2. The van der Waals surface area contributed by atoms with Gasteiger partial charge in [-0.3, -0.25) is 0 Å². The van der Waals surface area contributed by atoms with E-state index in [-0.39, 0.29) is 21.1 Å². The normalized spacial score (nSPS) is 21.2. The third kappa shape index (κ3) is 2.29. The Hall–Kier alpha value is -1.42. The van der Waals surface area contributed by atoms with Crippen molar-refractivity contribution in [2.24, 2.45) is 0 Å². The second kappa shape index (κ2) is 5.29. The van der Waals surface area contributed by atoms with Crippen molar-refractivity contribution >= 4 is 33.8 Å². The molecule has 0 atom stereocenters. The van der Waals surface area contributed by atoms with Gasteiger partial charge >= 0.3 is 17.8 Å². The minimum Gasteiger partial charge on any atom is -0.246 e. The Bertz CT molecular complexity index is 824. The highest BCUT2D eigenvalue weighted by molar-refractivity contribution is 7.14. The molecule has 0 unspecified atom stereocenters. The van der Waals surface area contributed by atoms with E-state index in [2.05, 4.69) is 9.97 Å². The average Bonchev–Trinajstić information content (AvgIpc) is 2.98. The summed E-state index contributed by atoms with van der Waals surface area (Å²) in [7, 11) is 0. The Labute approximate surface area is 147 Å². The zero-order chi connectivity index (χ0) is 18.9. The van der Waals surface area contributed by atoms with Gasteiger partial charge in [-0.1, -0.05) is 0 Å². The monoisotopic (exact) mass is 398 g/mol. The van der Waals surface area contributed by atoms with Crippen LogP contribution >= 0.6 is 22.7 Å². The van der Waals surface area contributed by atoms with Crippen LogP contribution in [-0.4, -0.2) is 27.7 Å². The van der Waals surface area contributed by atoms with E-state index in [9.17, 15) is 26.3 Å². The maximum absolute atomic E-state index is 14.5. The highest BCUT2D eigenvalue weighted by Gasteiger charge is 2.80. The lowest BCUT2D eigenvalue weighted by Crippen LogP contribution is -2.48. The van der Waals surface area contributed by atoms with Crippen LogP contribution in [0.2, 0.25) is 0 Å². The fourth-order valence-electron chi connectivity index (χ4n) is 2.86. The standard InChI is InChI=1S/C15H12F6N2S2/c1-5-11(24-7(3)22-5)9-10(12-6(2)23-8(4)25-12)14(18,19)15(20,21)13(9,16)17/h1-4H3. The van der Waals surface area contributed by atoms with Crippen molar-refractivity contribution in [2.75, 3.05) is 0 Å². The van der Waals surface area contributed by atoms with Crippen molar-refractivity contribution in [3.05, 3.63) is 31.2 Å². The second-order valence-electron chi connectivity index (χ2n) is 5.77. The predicted octanol–water partition coefficient (Wildman–Crippen LogP) is 5.66. The number of hydrogen-bond donors (Lipinski definition) is 0. The van der Waals surface area contributed by atoms with Gasteiger partial charge in [0, 0.05) is 0 Å². The number of aryl methyl sites for hydroxylation is 4. The Balaban J connectivity index is 2.46. The summed E-state index contributed by atoms with van der Waals surface area (Å²) in [6.45, 7) is 5.65. The molecule has 0 aliphatic heterocycles. The van der Waals surface area contributed by atoms with E-state index in [0.29, 0.717) is 32.7 Å². The van der Waals surface area contributed by atoms with Crippen LogP contribution in [0, 0.1) is 27.7 Å². The van der Waals surface area contributed by atoms with Gasteiger partial charge in [-0.25, -0.2) is 9.97 Å². The maximum Gasteiger partial charge on any atom is 0.380 e. The van der Waals surface area contributed by atoms with Crippen LogP contribution in [0.4, 0.5) is 26.3 Å². The molecule has 0 bridgehead atoms. The molecule has 0 N–H and O–H groups in total. The molecule has 1 aliphatic carbocycles. The van der Waals surface area contributed by atoms with Crippen molar-refractivity contribution < 1.29 is 26.3 Å². The number of halogens is 6. The first-order valence-corrected chi connectivity index (χ1v) is 8.73. The van der Waals surface area contributed by atoms with Gasteiger partial charge in [0.05, 0.1) is 42.3 Å². The molecular formula is C15H12F6N2S2. The molecule has 2 aromatic rings. The van der Waals surface area contributed by atoms with Gasteiger partial charge in [0.25, 0.3) is 0 Å². The van der Waals surface area contributed by atoms with Gasteiger partial charge in [0.15, 0.2) is 0 Å². The minimum absolute atomic E-state index is 0.0158. The number of hydrogen-bond acceptors (Lipinski definition) is 4. The summed E-state index contributed by atoms with van der Waals surface area (Å²) in [5, 5.41) is 0.650. The molecule has 0 aromatic carbocycles. The summed E-state index contributed by atoms with van der Waals surface area (Å²) in [5.41, 5.74) is -2.67. The molecule has 2 aromatic heterocycles. The van der Waals surface area contributed by atoms with Crippen LogP contribution in [0.1, 0.15) is 31.2 Å². The molecule has 0 saturated heterocycles. The Morgan fingerprint density at radius 2 is 0.960 bits per heavy atom. The SMILES string of the molecule is Cc1nc(C)c(C2=C(c3sc(C)nc3C)C(F)(F)C(F)(F)C2(F)F)s1. The van der Waals surface area contributed by atoms with Crippen LogP contribution in [-0.2, 0) is 0 Å². The van der Waals surface area contributed by atoms with Crippen LogP contribution in [0.5, 0.6) is 0 Å². The van der Waals surface area contributed by atoms with Crippen molar-refractivity contribution in [1.29, 1.82) is 0 Å². The molecule has 0 radical (unpaired) electrons.